The van der Waals surface area contributed by atoms with Gasteiger partial charge in [-0.1, -0.05) is 69.2 Å². The number of rotatable bonds is 2. The van der Waals surface area contributed by atoms with Crippen LogP contribution in [0.1, 0.15) is 0 Å². The van der Waals surface area contributed by atoms with E-state index in [1.807, 2.05) is 0 Å². The Morgan fingerprint density at radius 3 is 1.35 bits per heavy atom. The van der Waals surface area contributed by atoms with E-state index in [0.29, 0.717) is 0 Å². The average molecular weight is 268 g/mol. The van der Waals surface area contributed by atoms with E-state index in [2.05, 4.69) is 60.7 Å². The minimum Gasteiger partial charge on any atom is -0.326 e. The Hall–Kier alpha value is -0.980. The van der Waals surface area contributed by atoms with E-state index in [0.717, 1.165) is 8.58 Å². The summed E-state index contributed by atoms with van der Waals surface area (Å²) in [5, 5.41) is 2.79. The first kappa shape index (κ1) is 14.1. The molecule has 2 rings (SSSR count). The molecule has 0 saturated heterocycles. The van der Waals surface area contributed by atoms with Crippen LogP contribution in [0.15, 0.2) is 60.7 Å². The van der Waals surface area contributed by atoms with Crippen molar-refractivity contribution in [2.75, 3.05) is 0 Å². The van der Waals surface area contributed by atoms with Crippen molar-refractivity contribution in [3.05, 3.63) is 60.7 Å². The van der Waals surface area contributed by atoms with Crippen molar-refractivity contribution in [3.63, 3.8) is 0 Å². The van der Waals surface area contributed by atoms with Crippen LogP contribution in [-0.4, -0.2) is 9.79 Å². The van der Waals surface area contributed by atoms with Crippen LogP contribution in [0.3, 0.4) is 0 Å². The van der Waals surface area contributed by atoms with Crippen molar-refractivity contribution < 1.29 is 14.4 Å². The smallest absolute Gasteiger partial charge is 0.314 e. The molecule has 17 heavy (non-hydrogen) atoms. The highest BCUT2D eigenvalue weighted by Crippen LogP contribution is 2.08. The molecule has 0 atom stereocenters. The van der Waals surface area contributed by atoms with Crippen LogP contribution in [-0.2, 0) is 4.57 Å². The zero-order valence-corrected chi connectivity index (χ0v) is 11.1. The normalized spacial score (nSPS) is 9.59. The van der Waals surface area contributed by atoms with Crippen molar-refractivity contribution in [1.82, 2.24) is 0 Å². The van der Waals surface area contributed by atoms with Crippen LogP contribution < -0.4 is 10.6 Å². The quantitative estimate of drug-likeness (QED) is 0.815. The van der Waals surface area contributed by atoms with Crippen LogP contribution in [0.25, 0.3) is 0 Å². The third-order valence-electron chi connectivity index (χ3n) is 1.84. The minimum atomic E-state index is -3.13. The van der Waals surface area contributed by atoms with Gasteiger partial charge in [-0.2, -0.15) is 0 Å². The summed E-state index contributed by atoms with van der Waals surface area (Å²) in [5.41, 5.74) is 0. The van der Waals surface area contributed by atoms with E-state index in [-0.39, 0.29) is 0 Å². The zero-order valence-electron chi connectivity index (χ0n) is 9.08. The van der Waals surface area contributed by atoms with Crippen molar-refractivity contribution in [3.8, 4) is 0 Å². The van der Waals surface area contributed by atoms with E-state index in [9.17, 15) is 0 Å². The predicted octanol–water partition coefficient (Wildman–Crippen LogP) is 1.68. The van der Waals surface area contributed by atoms with Gasteiger partial charge >= 0.3 is 8.25 Å². The molecule has 2 aromatic rings. The largest absolute Gasteiger partial charge is 0.326 e. The van der Waals surface area contributed by atoms with Gasteiger partial charge in [0.2, 0.25) is 0 Å². The standard InChI is InChI=1S/C12H11P.H3O3P/c1-3-7-11(8-4-1)13-12-9-5-2-6-10-12;1-4(2)3/h1-10,13H;4H,(H2,1,2,3). The second-order valence-electron chi connectivity index (χ2n) is 3.14. The van der Waals surface area contributed by atoms with Gasteiger partial charge in [0, 0.05) is 0 Å². The van der Waals surface area contributed by atoms with Crippen molar-refractivity contribution in [2.45, 2.75) is 0 Å². The second-order valence-corrected chi connectivity index (χ2v) is 5.11. The van der Waals surface area contributed by atoms with Gasteiger partial charge in [-0.05, 0) is 10.6 Å². The highest BCUT2D eigenvalue weighted by atomic mass is 31.1. The predicted molar refractivity (Wildman–Crippen MR) is 73.9 cm³/mol. The molecule has 0 aliphatic carbocycles. The molecule has 0 saturated carbocycles. The van der Waals surface area contributed by atoms with Gasteiger partial charge in [-0.25, -0.2) is 0 Å². The molecule has 0 bridgehead atoms. The molecule has 0 amide bonds. The molecule has 90 valence electrons. The van der Waals surface area contributed by atoms with Gasteiger partial charge in [-0.15, -0.1) is 0 Å². The molecule has 0 heterocycles. The Morgan fingerprint density at radius 2 is 1.06 bits per heavy atom. The van der Waals surface area contributed by atoms with Crippen LogP contribution in [0.4, 0.5) is 0 Å². The van der Waals surface area contributed by atoms with Crippen LogP contribution >= 0.6 is 16.8 Å². The topological polar surface area (TPSA) is 57.5 Å². The second kappa shape index (κ2) is 8.16. The molecular weight excluding hydrogens is 254 g/mol. The highest BCUT2D eigenvalue weighted by Gasteiger charge is 1.92. The maximum atomic E-state index is 8.74. The van der Waals surface area contributed by atoms with Gasteiger partial charge in [0.1, 0.15) is 0 Å². The average Bonchev–Trinajstić information content (AvgIpc) is 2.31. The Labute approximate surface area is 103 Å². The lowest BCUT2D eigenvalue weighted by Crippen LogP contribution is -2.01. The first-order valence-corrected chi connectivity index (χ1v) is 7.28. The van der Waals surface area contributed by atoms with Gasteiger partial charge < -0.3 is 9.79 Å². The molecule has 0 radical (unpaired) electrons. The van der Waals surface area contributed by atoms with E-state index in [1.165, 1.54) is 10.6 Å². The summed E-state index contributed by atoms with van der Waals surface area (Å²) < 4.78 is 8.74. The Balaban J connectivity index is 0.000000317. The van der Waals surface area contributed by atoms with Crippen molar-refractivity contribution >= 4 is 27.4 Å². The fraction of sp³-hybridized carbons (Fsp3) is 0. The van der Waals surface area contributed by atoms with Crippen molar-refractivity contribution in [2.24, 2.45) is 0 Å². The molecule has 3 nitrogen and oxygen atoms in total. The number of benzene rings is 2. The third kappa shape index (κ3) is 7.04. The fourth-order valence-electron chi connectivity index (χ4n) is 1.21. The lowest BCUT2D eigenvalue weighted by molar-refractivity contribution is 0.405. The fourth-order valence-corrected chi connectivity index (χ4v) is 2.26. The van der Waals surface area contributed by atoms with Gasteiger partial charge in [0.15, 0.2) is 0 Å². The monoisotopic (exact) mass is 268 g/mol. The van der Waals surface area contributed by atoms with Crippen LogP contribution in [0.2, 0.25) is 0 Å². The lowest BCUT2D eigenvalue weighted by atomic mass is 10.4. The zero-order chi connectivity index (χ0) is 12.5. The third-order valence-corrected chi connectivity index (χ3v) is 3.08. The highest BCUT2D eigenvalue weighted by molar-refractivity contribution is 7.55. The minimum absolute atomic E-state index is 0.777. The van der Waals surface area contributed by atoms with E-state index >= 15 is 0 Å². The summed E-state index contributed by atoms with van der Waals surface area (Å²) in [4.78, 5) is 14.3. The van der Waals surface area contributed by atoms with Crippen LogP contribution in [0, 0.1) is 0 Å². The summed E-state index contributed by atoms with van der Waals surface area (Å²) in [6.07, 6.45) is 0. The molecule has 2 N–H and O–H groups in total. The summed E-state index contributed by atoms with van der Waals surface area (Å²) in [7, 11) is -2.35. The van der Waals surface area contributed by atoms with E-state index in [1.54, 1.807) is 0 Å². The Kier molecular flexibility index (Phi) is 6.76. The van der Waals surface area contributed by atoms with Crippen LogP contribution in [0.5, 0.6) is 0 Å². The summed E-state index contributed by atoms with van der Waals surface area (Å²) >= 11 is 0. The van der Waals surface area contributed by atoms with E-state index < -0.39 is 8.25 Å². The van der Waals surface area contributed by atoms with E-state index in [4.69, 9.17) is 14.4 Å². The summed E-state index contributed by atoms with van der Waals surface area (Å²) in [6.45, 7) is 0. The molecule has 0 aromatic heterocycles. The molecule has 0 unspecified atom stereocenters. The Morgan fingerprint density at radius 1 is 0.765 bits per heavy atom. The summed E-state index contributed by atoms with van der Waals surface area (Å²) in [5.74, 6) is 0. The molecule has 2 aromatic carbocycles. The molecule has 0 aliphatic rings. The van der Waals surface area contributed by atoms with Crippen molar-refractivity contribution in [1.29, 1.82) is 0 Å². The Bertz CT molecular complexity index is 404. The maximum absolute atomic E-state index is 8.74. The summed E-state index contributed by atoms with van der Waals surface area (Å²) in [6, 6.07) is 21.2. The van der Waals surface area contributed by atoms with Gasteiger partial charge in [-0.3, -0.25) is 4.57 Å². The van der Waals surface area contributed by atoms with Gasteiger partial charge in [0.05, 0.1) is 0 Å². The maximum Gasteiger partial charge on any atom is 0.314 e. The molecule has 5 heteroatoms. The van der Waals surface area contributed by atoms with Gasteiger partial charge in [0.25, 0.3) is 0 Å². The first-order chi connectivity index (χ1) is 8.18. The number of hydrogen-bond acceptors (Lipinski definition) is 1. The molecule has 0 spiro atoms. The SMILES string of the molecule is O=[PH](O)O.c1ccc(Pc2ccccc2)cc1. The molecule has 0 aliphatic heterocycles. The number of hydrogen-bond donors (Lipinski definition) is 2. The lowest BCUT2D eigenvalue weighted by Gasteiger charge is -2.00. The molecular formula is C12H14O3P2. The first-order valence-electron chi connectivity index (χ1n) is 4.97. The molecule has 0 fully saturated rings.